The van der Waals surface area contributed by atoms with Crippen molar-refractivity contribution in [3.63, 3.8) is 0 Å². The van der Waals surface area contributed by atoms with Gasteiger partial charge in [-0.3, -0.25) is 4.99 Å². The second-order valence-corrected chi connectivity index (χ2v) is 6.69. The molecule has 142 valence electrons. The van der Waals surface area contributed by atoms with Gasteiger partial charge in [0.25, 0.3) is 0 Å². The number of piperidine rings is 1. The predicted molar refractivity (Wildman–Crippen MR) is 93.0 cm³/mol. The van der Waals surface area contributed by atoms with Crippen LogP contribution in [0.3, 0.4) is 0 Å². The molecule has 1 aromatic heterocycles. The Morgan fingerprint density at radius 2 is 2.12 bits per heavy atom. The SMILES string of the molecule is CCNC(=NCCc1nc(C(F)(F)F)cs1)N1CCC(OCC)CC1. The van der Waals surface area contributed by atoms with Gasteiger partial charge in [-0.25, -0.2) is 4.98 Å². The molecule has 1 aliphatic rings. The van der Waals surface area contributed by atoms with Crippen LogP contribution in [-0.2, 0) is 17.3 Å². The van der Waals surface area contributed by atoms with Crippen LogP contribution in [0, 0.1) is 0 Å². The number of likely N-dealkylation sites (tertiary alicyclic amines) is 1. The second-order valence-electron chi connectivity index (χ2n) is 5.75. The molecule has 0 saturated carbocycles. The number of rotatable bonds is 6. The smallest absolute Gasteiger partial charge is 0.378 e. The maximum atomic E-state index is 12.6. The summed E-state index contributed by atoms with van der Waals surface area (Å²) in [5.41, 5.74) is -0.818. The molecule has 2 rings (SSSR count). The fourth-order valence-electron chi connectivity index (χ4n) is 2.71. The lowest BCUT2D eigenvalue weighted by molar-refractivity contribution is -0.140. The van der Waals surface area contributed by atoms with Gasteiger partial charge < -0.3 is 15.0 Å². The van der Waals surface area contributed by atoms with E-state index in [1.54, 1.807) is 0 Å². The van der Waals surface area contributed by atoms with E-state index in [9.17, 15) is 13.2 Å². The van der Waals surface area contributed by atoms with Crippen LogP contribution >= 0.6 is 11.3 Å². The first-order chi connectivity index (χ1) is 11.9. The Hall–Kier alpha value is -1.35. The summed E-state index contributed by atoms with van der Waals surface area (Å²) < 4.78 is 43.4. The Kier molecular flexibility index (Phi) is 7.49. The molecule has 0 aliphatic carbocycles. The van der Waals surface area contributed by atoms with Crippen molar-refractivity contribution >= 4 is 17.3 Å². The fraction of sp³-hybridized carbons (Fsp3) is 0.750. The lowest BCUT2D eigenvalue weighted by atomic mass is 10.1. The van der Waals surface area contributed by atoms with E-state index in [1.807, 2.05) is 13.8 Å². The molecule has 0 amide bonds. The third-order valence-corrected chi connectivity index (χ3v) is 4.82. The Morgan fingerprint density at radius 3 is 2.68 bits per heavy atom. The van der Waals surface area contributed by atoms with Crippen molar-refractivity contribution in [3.05, 3.63) is 16.1 Å². The first-order valence-electron chi connectivity index (χ1n) is 8.60. The lowest BCUT2D eigenvalue weighted by Gasteiger charge is -2.34. The first-order valence-corrected chi connectivity index (χ1v) is 9.48. The minimum absolute atomic E-state index is 0.306. The number of nitrogens with zero attached hydrogens (tertiary/aromatic N) is 3. The minimum atomic E-state index is -4.38. The minimum Gasteiger partial charge on any atom is -0.378 e. The largest absolute Gasteiger partial charge is 0.434 e. The van der Waals surface area contributed by atoms with Crippen LogP contribution in [0.4, 0.5) is 13.2 Å². The van der Waals surface area contributed by atoms with Crippen molar-refractivity contribution in [1.29, 1.82) is 0 Å². The van der Waals surface area contributed by atoms with Gasteiger partial charge in [-0.1, -0.05) is 0 Å². The van der Waals surface area contributed by atoms with E-state index in [2.05, 4.69) is 20.2 Å². The molecule has 0 radical (unpaired) electrons. The summed E-state index contributed by atoms with van der Waals surface area (Å²) >= 11 is 1.03. The number of hydrogen-bond donors (Lipinski definition) is 1. The molecule has 1 saturated heterocycles. The highest BCUT2D eigenvalue weighted by atomic mass is 32.1. The topological polar surface area (TPSA) is 49.8 Å². The summed E-state index contributed by atoms with van der Waals surface area (Å²) in [5.74, 6) is 0.810. The summed E-state index contributed by atoms with van der Waals surface area (Å²) in [6.45, 7) is 7.63. The number of nitrogens with one attached hydrogen (secondary N) is 1. The average Bonchev–Trinajstić information content (AvgIpc) is 3.04. The van der Waals surface area contributed by atoms with Gasteiger partial charge in [0.1, 0.15) is 0 Å². The van der Waals surface area contributed by atoms with Crippen LogP contribution < -0.4 is 5.32 Å². The molecule has 2 heterocycles. The van der Waals surface area contributed by atoms with Gasteiger partial charge in [0.05, 0.1) is 11.1 Å². The van der Waals surface area contributed by atoms with E-state index < -0.39 is 11.9 Å². The highest BCUT2D eigenvalue weighted by Gasteiger charge is 2.33. The number of hydrogen-bond acceptors (Lipinski definition) is 4. The van der Waals surface area contributed by atoms with Crippen LogP contribution in [0.2, 0.25) is 0 Å². The van der Waals surface area contributed by atoms with Crippen molar-refractivity contribution < 1.29 is 17.9 Å². The molecule has 1 aliphatic heterocycles. The quantitative estimate of drug-likeness (QED) is 0.610. The van der Waals surface area contributed by atoms with Crippen LogP contribution in [0.1, 0.15) is 37.4 Å². The average molecular weight is 378 g/mol. The van der Waals surface area contributed by atoms with Crippen molar-refractivity contribution in [3.8, 4) is 0 Å². The van der Waals surface area contributed by atoms with Crippen LogP contribution in [0.25, 0.3) is 0 Å². The summed E-state index contributed by atoms with van der Waals surface area (Å²) in [4.78, 5) is 10.4. The van der Waals surface area contributed by atoms with Gasteiger partial charge in [-0.05, 0) is 26.7 Å². The van der Waals surface area contributed by atoms with Crippen LogP contribution in [-0.4, -0.2) is 54.7 Å². The molecular weight excluding hydrogens is 353 g/mol. The van der Waals surface area contributed by atoms with Gasteiger partial charge in [-0.2, -0.15) is 13.2 Å². The monoisotopic (exact) mass is 378 g/mol. The summed E-state index contributed by atoms with van der Waals surface area (Å²) in [5, 5.41) is 4.77. The number of alkyl halides is 3. The summed E-state index contributed by atoms with van der Waals surface area (Å²) in [6, 6.07) is 0. The van der Waals surface area contributed by atoms with Crippen LogP contribution in [0.15, 0.2) is 10.4 Å². The number of halogens is 3. The van der Waals surface area contributed by atoms with E-state index in [1.165, 1.54) is 0 Å². The van der Waals surface area contributed by atoms with Crippen molar-refractivity contribution in [1.82, 2.24) is 15.2 Å². The highest BCUT2D eigenvalue weighted by molar-refractivity contribution is 7.09. The molecule has 0 aromatic carbocycles. The Labute approximate surface area is 150 Å². The molecular formula is C16H25F3N4OS. The zero-order chi connectivity index (χ0) is 18.3. The number of thiazole rings is 1. The molecule has 0 atom stereocenters. The van der Waals surface area contributed by atoms with E-state index >= 15 is 0 Å². The maximum Gasteiger partial charge on any atom is 0.434 e. The van der Waals surface area contributed by atoms with Gasteiger partial charge in [0.2, 0.25) is 0 Å². The number of guanidine groups is 1. The number of aliphatic imine (C=N–C) groups is 1. The van der Waals surface area contributed by atoms with Crippen molar-refractivity contribution in [2.75, 3.05) is 32.8 Å². The second kappa shape index (κ2) is 9.38. The predicted octanol–water partition coefficient (Wildman–Crippen LogP) is 3.17. The Morgan fingerprint density at radius 1 is 1.40 bits per heavy atom. The van der Waals surface area contributed by atoms with Gasteiger partial charge in [0.15, 0.2) is 11.7 Å². The van der Waals surface area contributed by atoms with Gasteiger partial charge >= 0.3 is 6.18 Å². The third-order valence-electron chi connectivity index (χ3n) is 3.91. The zero-order valence-corrected chi connectivity index (χ0v) is 15.4. The molecule has 0 spiro atoms. The molecule has 1 fully saturated rings. The Balaban J connectivity index is 1.88. The van der Waals surface area contributed by atoms with E-state index in [4.69, 9.17) is 4.74 Å². The van der Waals surface area contributed by atoms with Crippen molar-refractivity contribution in [2.45, 2.75) is 45.4 Å². The summed E-state index contributed by atoms with van der Waals surface area (Å²) in [6.07, 6.45) is -1.75. The zero-order valence-electron chi connectivity index (χ0n) is 14.6. The molecule has 0 unspecified atom stereocenters. The standard InChI is InChI=1S/C16H25F3N4OS/c1-3-20-15(23-9-6-12(7-10-23)24-4-2)21-8-5-14-22-13(11-25-14)16(17,18)19/h11-12H,3-10H2,1-2H3,(H,20,21). The van der Waals surface area contributed by atoms with Crippen molar-refractivity contribution in [2.24, 2.45) is 4.99 Å². The molecule has 25 heavy (non-hydrogen) atoms. The first kappa shape index (κ1) is 20.0. The highest BCUT2D eigenvalue weighted by Crippen LogP contribution is 2.30. The summed E-state index contributed by atoms with van der Waals surface area (Å²) in [7, 11) is 0. The lowest BCUT2D eigenvalue weighted by Crippen LogP contribution is -2.47. The van der Waals surface area contributed by atoms with Crippen LogP contribution in [0.5, 0.6) is 0 Å². The van der Waals surface area contributed by atoms with E-state index in [-0.39, 0.29) is 0 Å². The molecule has 1 aromatic rings. The third kappa shape index (κ3) is 6.14. The number of aromatic nitrogens is 1. The molecule has 1 N–H and O–H groups in total. The molecule has 0 bridgehead atoms. The fourth-order valence-corrected chi connectivity index (χ4v) is 3.50. The molecule has 9 heteroatoms. The van der Waals surface area contributed by atoms with E-state index in [0.29, 0.717) is 24.1 Å². The van der Waals surface area contributed by atoms with Gasteiger partial charge in [0, 0.05) is 44.6 Å². The normalized spacial score (nSPS) is 17.2. The van der Waals surface area contributed by atoms with Gasteiger partial charge in [-0.15, -0.1) is 11.3 Å². The maximum absolute atomic E-state index is 12.6. The Bertz CT molecular complexity index is 554. The van der Waals surface area contributed by atoms with E-state index in [0.717, 1.165) is 61.8 Å². The molecule has 5 nitrogen and oxygen atoms in total. The number of ether oxygens (including phenoxy) is 1.